The standard InChI is InChI=1S/C14H21N5O/c1-10(2)11-9-12-14(17-7-8-19(12)18-11)16-6-4-3-5-13(15)20/h7-10H,3-6H2,1-2H3,(H2,15,20)(H,16,17). The van der Waals surface area contributed by atoms with Crippen molar-refractivity contribution in [1.82, 2.24) is 14.6 Å². The predicted octanol–water partition coefficient (Wildman–Crippen LogP) is 1.92. The molecule has 0 atom stereocenters. The molecule has 108 valence electrons. The first kappa shape index (κ1) is 14.3. The number of fused-ring (bicyclic) bond motifs is 1. The maximum absolute atomic E-state index is 10.7. The summed E-state index contributed by atoms with van der Waals surface area (Å²) in [6, 6.07) is 2.06. The molecule has 1 amide bonds. The van der Waals surface area contributed by atoms with Crippen molar-refractivity contribution in [1.29, 1.82) is 0 Å². The molecule has 0 aliphatic carbocycles. The molecule has 0 unspecified atom stereocenters. The molecule has 2 aromatic rings. The van der Waals surface area contributed by atoms with Gasteiger partial charge in [0.1, 0.15) is 5.52 Å². The highest BCUT2D eigenvalue weighted by molar-refractivity contribution is 5.73. The van der Waals surface area contributed by atoms with Gasteiger partial charge in [0.2, 0.25) is 5.91 Å². The molecule has 0 aliphatic rings. The monoisotopic (exact) mass is 275 g/mol. The molecular weight excluding hydrogens is 254 g/mol. The third-order valence-corrected chi connectivity index (χ3v) is 3.14. The van der Waals surface area contributed by atoms with Crippen LogP contribution in [0.4, 0.5) is 5.82 Å². The lowest BCUT2D eigenvalue weighted by molar-refractivity contribution is -0.118. The summed E-state index contributed by atoms with van der Waals surface area (Å²) in [5.41, 5.74) is 7.14. The molecule has 0 fully saturated rings. The van der Waals surface area contributed by atoms with E-state index in [1.54, 1.807) is 6.20 Å². The number of anilines is 1. The first-order valence-electron chi connectivity index (χ1n) is 6.94. The van der Waals surface area contributed by atoms with E-state index in [1.807, 2.05) is 10.7 Å². The van der Waals surface area contributed by atoms with E-state index in [-0.39, 0.29) is 5.91 Å². The minimum absolute atomic E-state index is 0.248. The van der Waals surface area contributed by atoms with Crippen LogP contribution >= 0.6 is 0 Å². The first-order chi connectivity index (χ1) is 9.58. The third kappa shape index (κ3) is 3.46. The number of carbonyl (C=O) groups excluding carboxylic acids is 1. The van der Waals surface area contributed by atoms with Gasteiger partial charge in [-0.1, -0.05) is 13.8 Å². The Labute approximate surface area is 118 Å². The Bertz CT molecular complexity index is 590. The molecule has 0 saturated carbocycles. The second kappa shape index (κ2) is 6.36. The van der Waals surface area contributed by atoms with Gasteiger partial charge in [0.15, 0.2) is 5.82 Å². The zero-order valence-electron chi connectivity index (χ0n) is 12.0. The van der Waals surface area contributed by atoms with Crippen LogP contribution in [-0.2, 0) is 4.79 Å². The highest BCUT2D eigenvalue weighted by Gasteiger charge is 2.09. The van der Waals surface area contributed by atoms with E-state index in [2.05, 4.69) is 35.3 Å². The molecule has 2 heterocycles. The molecule has 6 nitrogen and oxygen atoms in total. The summed E-state index contributed by atoms with van der Waals surface area (Å²) >= 11 is 0. The van der Waals surface area contributed by atoms with Gasteiger partial charge >= 0.3 is 0 Å². The smallest absolute Gasteiger partial charge is 0.217 e. The third-order valence-electron chi connectivity index (χ3n) is 3.14. The molecule has 0 bridgehead atoms. The van der Waals surface area contributed by atoms with E-state index in [0.717, 1.165) is 36.4 Å². The summed E-state index contributed by atoms with van der Waals surface area (Å²) in [6.45, 7) is 5.00. The van der Waals surface area contributed by atoms with E-state index < -0.39 is 0 Å². The molecule has 6 heteroatoms. The summed E-state index contributed by atoms with van der Waals surface area (Å²) in [7, 11) is 0. The van der Waals surface area contributed by atoms with Crippen molar-refractivity contribution in [3.63, 3.8) is 0 Å². The Morgan fingerprint density at radius 2 is 2.25 bits per heavy atom. The van der Waals surface area contributed by atoms with Crippen molar-refractivity contribution < 1.29 is 4.79 Å². The van der Waals surface area contributed by atoms with Gasteiger partial charge in [0.25, 0.3) is 0 Å². The number of amides is 1. The highest BCUT2D eigenvalue weighted by atomic mass is 16.1. The zero-order valence-corrected chi connectivity index (χ0v) is 12.0. The number of hydrogen-bond acceptors (Lipinski definition) is 4. The summed E-state index contributed by atoms with van der Waals surface area (Å²) in [5.74, 6) is 0.965. The van der Waals surface area contributed by atoms with E-state index >= 15 is 0 Å². The summed E-state index contributed by atoms with van der Waals surface area (Å²) in [5, 5.41) is 7.81. The highest BCUT2D eigenvalue weighted by Crippen LogP contribution is 2.19. The Morgan fingerprint density at radius 1 is 1.45 bits per heavy atom. The number of hydrogen-bond donors (Lipinski definition) is 2. The quantitative estimate of drug-likeness (QED) is 0.756. The normalized spacial score (nSPS) is 11.2. The van der Waals surface area contributed by atoms with Crippen molar-refractivity contribution in [2.45, 2.75) is 39.0 Å². The fourth-order valence-corrected chi connectivity index (χ4v) is 1.99. The number of rotatable bonds is 7. The molecule has 3 N–H and O–H groups in total. The molecule has 0 aliphatic heterocycles. The SMILES string of the molecule is CC(C)c1cc2c(NCCCCC(N)=O)nccn2n1. The Morgan fingerprint density at radius 3 is 2.95 bits per heavy atom. The van der Waals surface area contributed by atoms with Crippen LogP contribution in [0.15, 0.2) is 18.5 Å². The summed E-state index contributed by atoms with van der Waals surface area (Å²) in [4.78, 5) is 15.0. The largest absolute Gasteiger partial charge is 0.370 e. The van der Waals surface area contributed by atoms with Gasteiger partial charge in [0, 0.05) is 25.4 Å². The van der Waals surface area contributed by atoms with Crippen LogP contribution in [0.2, 0.25) is 0 Å². The van der Waals surface area contributed by atoms with Gasteiger partial charge in [0.05, 0.1) is 5.69 Å². The maximum atomic E-state index is 10.7. The molecule has 2 aromatic heterocycles. The fraction of sp³-hybridized carbons (Fsp3) is 0.500. The average Bonchev–Trinajstić information content (AvgIpc) is 2.83. The van der Waals surface area contributed by atoms with Crippen LogP contribution in [0.3, 0.4) is 0 Å². The Hall–Kier alpha value is -2.11. The van der Waals surface area contributed by atoms with Crippen LogP contribution in [0, 0.1) is 0 Å². The fourth-order valence-electron chi connectivity index (χ4n) is 1.99. The van der Waals surface area contributed by atoms with E-state index in [4.69, 9.17) is 5.73 Å². The lowest BCUT2D eigenvalue weighted by Crippen LogP contribution is -2.11. The second-order valence-corrected chi connectivity index (χ2v) is 5.18. The molecule has 0 aromatic carbocycles. The number of carbonyl (C=O) groups is 1. The van der Waals surface area contributed by atoms with Crippen LogP contribution in [0.25, 0.3) is 5.52 Å². The molecule has 0 spiro atoms. The Balaban J connectivity index is 2.00. The van der Waals surface area contributed by atoms with Gasteiger partial charge in [-0.15, -0.1) is 0 Å². The van der Waals surface area contributed by atoms with Crippen LogP contribution in [-0.4, -0.2) is 27.0 Å². The summed E-state index contributed by atoms with van der Waals surface area (Å²) in [6.07, 6.45) is 5.69. The lowest BCUT2D eigenvalue weighted by Gasteiger charge is -2.06. The van der Waals surface area contributed by atoms with Crippen molar-refractivity contribution in [3.8, 4) is 0 Å². The van der Waals surface area contributed by atoms with Crippen LogP contribution < -0.4 is 11.1 Å². The topological polar surface area (TPSA) is 85.3 Å². The van der Waals surface area contributed by atoms with Gasteiger partial charge in [-0.05, 0) is 24.8 Å². The van der Waals surface area contributed by atoms with Crippen molar-refractivity contribution >= 4 is 17.2 Å². The van der Waals surface area contributed by atoms with E-state index in [1.165, 1.54) is 0 Å². The maximum Gasteiger partial charge on any atom is 0.217 e. The van der Waals surface area contributed by atoms with Gasteiger partial charge < -0.3 is 11.1 Å². The molecule has 0 radical (unpaired) electrons. The second-order valence-electron chi connectivity index (χ2n) is 5.18. The minimum atomic E-state index is -0.248. The van der Waals surface area contributed by atoms with E-state index in [0.29, 0.717) is 12.3 Å². The van der Waals surface area contributed by atoms with E-state index in [9.17, 15) is 4.79 Å². The number of nitrogens with one attached hydrogen (secondary N) is 1. The summed E-state index contributed by atoms with van der Waals surface area (Å²) < 4.78 is 1.84. The Kier molecular flexibility index (Phi) is 4.55. The number of aromatic nitrogens is 3. The average molecular weight is 275 g/mol. The number of unbranched alkanes of at least 4 members (excludes halogenated alkanes) is 1. The van der Waals surface area contributed by atoms with Gasteiger partial charge in [-0.2, -0.15) is 5.10 Å². The van der Waals surface area contributed by atoms with Crippen molar-refractivity contribution in [2.75, 3.05) is 11.9 Å². The molecule has 0 saturated heterocycles. The number of nitrogens with zero attached hydrogens (tertiary/aromatic N) is 3. The first-order valence-corrected chi connectivity index (χ1v) is 6.94. The molecule has 20 heavy (non-hydrogen) atoms. The predicted molar refractivity (Wildman–Crippen MR) is 78.6 cm³/mol. The minimum Gasteiger partial charge on any atom is -0.370 e. The van der Waals surface area contributed by atoms with Crippen LogP contribution in [0.5, 0.6) is 0 Å². The lowest BCUT2D eigenvalue weighted by atomic mass is 10.1. The number of nitrogens with two attached hydrogens (primary N) is 1. The number of primary amides is 1. The molecule has 2 rings (SSSR count). The van der Waals surface area contributed by atoms with Crippen LogP contribution in [0.1, 0.15) is 44.7 Å². The van der Waals surface area contributed by atoms with Gasteiger partial charge in [-0.25, -0.2) is 9.50 Å². The van der Waals surface area contributed by atoms with Crippen molar-refractivity contribution in [3.05, 3.63) is 24.2 Å². The van der Waals surface area contributed by atoms with Crippen molar-refractivity contribution in [2.24, 2.45) is 5.73 Å². The van der Waals surface area contributed by atoms with Gasteiger partial charge in [-0.3, -0.25) is 4.79 Å². The molecular formula is C14H21N5O. The zero-order chi connectivity index (χ0) is 14.5.